The molecule has 5 rings (SSSR count). The van der Waals surface area contributed by atoms with E-state index >= 15 is 0 Å². The van der Waals surface area contributed by atoms with Crippen molar-refractivity contribution in [1.29, 1.82) is 0 Å². The van der Waals surface area contributed by atoms with Crippen LogP contribution in [0.1, 0.15) is 109 Å². The number of Topliss-reactive ketones (excluding diaryl/α,β-unsaturated/α-hetero) is 1. The largest absolute Gasteiger partial charge is 0.506 e. The topological polar surface area (TPSA) is 140 Å². The Labute approximate surface area is 276 Å². The molecule has 9 heteroatoms. The molecule has 1 fully saturated rings. The number of fused-ring (bicyclic) bond motifs is 2. The molecule has 4 aliphatic rings. The second-order valence-corrected chi connectivity index (χ2v) is 14.5. The number of carbonyl (C=O) groups is 3. The van der Waals surface area contributed by atoms with Crippen LogP contribution in [0.4, 0.5) is 0 Å². The third-order valence-corrected chi connectivity index (χ3v) is 10.0. The summed E-state index contributed by atoms with van der Waals surface area (Å²) in [6.07, 6.45) is 13.1. The summed E-state index contributed by atoms with van der Waals surface area (Å²) in [6, 6.07) is 0. The number of aliphatic carboxylic acids is 2. The second-order valence-electron chi connectivity index (χ2n) is 14.5. The van der Waals surface area contributed by atoms with Gasteiger partial charge < -0.3 is 29.5 Å². The standard InChI is InChI=1S/C38H46O9/c1-21(2)11-10-18-36(8)19-17-24-29(39)28-30(40)26-12-9-13-27-35(6,7)47-37(34(43)44,20-16-23(5)33(41)42)38(26,27)46-32(28)25(31(24)45-36)15-14-22(3)4/h11-12,14,16-17,19,27,39H,9-10,13,15,18,20H2,1-8H3,(H,41,42)(H,43,44)/b23-16+/t27-,36+,37-,38-/m0/s1. The second kappa shape index (κ2) is 11.8. The Morgan fingerprint density at radius 3 is 2.28 bits per heavy atom. The van der Waals surface area contributed by atoms with E-state index < -0.39 is 46.0 Å². The summed E-state index contributed by atoms with van der Waals surface area (Å²) in [7, 11) is 0. The molecule has 1 aromatic rings. The van der Waals surface area contributed by atoms with Crippen LogP contribution in [0.5, 0.6) is 17.2 Å². The minimum Gasteiger partial charge on any atom is -0.506 e. The Kier molecular flexibility index (Phi) is 8.63. The number of phenolic OH excluding ortho intramolecular Hbond substituents is 1. The predicted octanol–water partition coefficient (Wildman–Crippen LogP) is 7.52. The van der Waals surface area contributed by atoms with Gasteiger partial charge in [-0.3, -0.25) is 4.79 Å². The summed E-state index contributed by atoms with van der Waals surface area (Å²) >= 11 is 0. The number of aromatic hydroxyl groups is 1. The molecule has 1 spiro atoms. The lowest BCUT2D eigenvalue weighted by molar-refractivity contribution is -0.184. The van der Waals surface area contributed by atoms with Crippen LogP contribution in [0.2, 0.25) is 0 Å². The van der Waals surface area contributed by atoms with E-state index in [9.17, 15) is 29.7 Å². The predicted molar refractivity (Wildman–Crippen MR) is 178 cm³/mol. The van der Waals surface area contributed by atoms with Gasteiger partial charge in [-0.2, -0.15) is 0 Å². The number of ether oxygens (including phenoxy) is 3. The van der Waals surface area contributed by atoms with Gasteiger partial charge in [0.2, 0.25) is 5.60 Å². The molecule has 3 aliphatic heterocycles. The number of hydrogen-bond acceptors (Lipinski definition) is 7. The highest BCUT2D eigenvalue weighted by atomic mass is 16.6. The molecule has 3 heterocycles. The van der Waals surface area contributed by atoms with E-state index in [0.717, 1.165) is 12.0 Å². The van der Waals surface area contributed by atoms with Gasteiger partial charge in [-0.05, 0) is 99.6 Å². The highest BCUT2D eigenvalue weighted by Crippen LogP contribution is 2.64. The Hall–Kier alpha value is -4.11. The number of benzene rings is 1. The maximum absolute atomic E-state index is 14.7. The fourth-order valence-corrected chi connectivity index (χ4v) is 7.66. The van der Waals surface area contributed by atoms with E-state index in [2.05, 4.69) is 6.08 Å². The van der Waals surface area contributed by atoms with Gasteiger partial charge in [0.25, 0.3) is 0 Å². The van der Waals surface area contributed by atoms with Crippen molar-refractivity contribution >= 4 is 23.8 Å². The fourth-order valence-electron chi connectivity index (χ4n) is 7.66. The Bertz CT molecular complexity index is 1700. The molecule has 1 saturated heterocycles. The first-order valence-electron chi connectivity index (χ1n) is 16.3. The van der Waals surface area contributed by atoms with Crippen LogP contribution < -0.4 is 9.47 Å². The molecule has 0 aromatic heterocycles. The van der Waals surface area contributed by atoms with Gasteiger partial charge in [-0.1, -0.05) is 35.5 Å². The summed E-state index contributed by atoms with van der Waals surface area (Å²) in [5.41, 5.74) is -2.67. The average Bonchev–Trinajstić information content (AvgIpc) is 3.18. The van der Waals surface area contributed by atoms with Crippen molar-refractivity contribution in [1.82, 2.24) is 0 Å². The van der Waals surface area contributed by atoms with E-state index in [1.54, 1.807) is 26.0 Å². The molecule has 4 atom stereocenters. The number of hydrogen-bond donors (Lipinski definition) is 3. The normalized spacial score (nSPS) is 28.4. The van der Waals surface area contributed by atoms with E-state index in [1.807, 2.05) is 46.8 Å². The van der Waals surface area contributed by atoms with Gasteiger partial charge in [-0.25, -0.2) is 9.59 Å². The van der Waals surface area contributed by atoms with Crippen molar-refractivity contribution in [3.63, 3.8) is 0 Å². The van der Waals surface area contributed by atoms with Gasteiger partial charge in [0.1, 0.15) is 28.4 Å². The van der Waals surface area contributed by atoms with Crippen molar-refractivity contribution in [3.8, 4) is 17.2 Å². The summed E-state index contributed by atoms with van der Waals surface area (Å²) in [5, 5.41) is 32.4. The number of carboxylic acids is 2. The van der Waals surface area contributed by atoms with Crippen molar-refractivity contribution in [3.05, 3.63) is 69.4 Å². The minimum absolute atomic E-state index is 0.0407. The first-order chi connectivity index (χ1) is 21.9. The number of carboxylic acid groups (broad SMARTS) is 2. The van der Waals surface area contributed by atoms with Crippen LogP contribution in [0.15, 0.2) is 52.7 Å². The van der Waals surface area contributed by atoms with Crippen molar-refractivity contribution in [2.24, 2.45) is 5.92 Å². The van der Waals surface area contributed by atoms with E-state index in [4.69, 9.17) is 14.2 Å². The Morgan fingerprint density at radius 1 is 0.979 bits per heavy atom. The average molecular weight is 647 g/mol. The summed E-state index contributed by atoms with van der Waals surface area (Å²) in [6.45, 7) is 14.9. The summed E-state index contributed by atoms with van der Waals surface area (Å²) in [4.78, 5) is 40.0. The molecule has 3 N–H and O–H groups in total. The third-order valence-electron chi connectivity index (χ3n) is 10.0. The SMILES string of the molecule is CC(C)=CCC[C@]1(C)C=Cc2c(O)c3c(c(CC=C(C)C)c2O1)O[C@@]12C(=CCC[C@H]1C(C)(C)O[C@@]2(C/C=C(\C)C(=O)O)C(=O)O)C3=O. The van der Waals surface area contributed by atoms with Crippen LogP contribution in [-0.2, 0) is 20.7 Å². The van der Waals surface area contributed by atoms with Gasteiger partial charge in [0.05, 0.1) is 11.2 Å². The lowest BCUT2D eigenvalue weighted by atomic mass is 9.60. The number of ketones is 1. The minimum atomic E-state index is -2.16. The van der Waals surface area contributed by atoms with Crippen LogP contribution in [0.25, 0.3) is 6.08 Å². The van der Waals surface area contributed by atoms with E-state index in [1.165, 1.54) is 18.6 Å². The quantitative estimate of drug-likeness (QED) is 0.184. The van der Waals surface area contributed by atoms with E-state index in [-0.39, 0.29) is 34.6 Å². The number of carbonyl (C=O) groups excluding carboxylic acids is 1. The molecule has 1 aliphatic carbocycles. The number of allylic oxidation sites excluding steroid dienone is 5. The maximum Gasteiger partial charge on any atom is 0.340 e. The first kappa shape index (κ1) is 34.2. The molecule has 0 amide bonds. The van der Waals surface area contributed by atoms with Gasteiger partial charge in [0, 0.05) is 29.0 Å². The zero-order valence-electron chi connectivity index (χ0n) is 28.6. The molecule has 0 saturated carbocycles. The first-order valence-corrected chi connectivity index (χ1v) is 16.3. The smallest absolute Gasteiger partial charge is 0.340 e. The van der Waals surface area contributed by atoms with Gasteiger partial charge in [0.15, 0.2) is 11.4 Å². The summed E-state index contributed by atoms with van der Waals surface area (Å²) < 4.78 is 20.2. The van der Waals surface area contributed by atoms with Gasteiger partial charge >= 0.3 is 11.9 Å². The molecule has 252 valence electrons. The van der Waals surface area contributed by atoms with E-state index in [0.29, 0.717) is 42.6 Å². The molecule has 47 heavy (non-hydrogen) atoms. The van der Waals surface area contributed by atoms with Crippen LogP contribution in [0, 0.1) is 5.92 Å². The maximum atomic E-state index is 14.7. The molecule has 0 unspecified atom stereocenters. The monoisotopic (exact) mass is 646 g/mol. The lowest BCUT2D eigenvalue weighted by Gasteiger charge is -2.50. The Morgan fingerprint density at radius 2 is 1.66 bits per heavy atom. The lowest BCUT2D eigenvalue weighted by Crippen LogP contribution is -2.66. The molecule has 0 bridgehead atoms. The highest BCUT2D eigenvalue weighted by molar-refractivity contribution is 6.17. The van der Waals surface area contributed by atoms with Crippen molar-refractivity contribution < 1.29 is 43.9 Å². The highest BCUT2D eigenvalue weighted by Gasteiger charge is 2.77. The zero-order chi connectivity index (χ0) is 34.7. The fraction of sp³-hybridized carbons (Fsp3) is 0.500. The number of phenols is 1. The molecular weight excluding hydrogens is 600 g/mol. The number of rotatable bonds is 9. The third kappa shape index (κ3) is 5.42. The molecule has 0 radical (unpaired) electrons. The van der Waals surface area contributed by atoms with Crippen molar-refractivity contribution in [2.45, 2.75) is 116 Å². The van der Waals surface area contributed by atoms with Gasteiger partial charge in [-0.15, -0.1) is 0 Å². The van der Waals surface area contributed by atoms with Crippen LogP contribution in [-0.4, -0.2) is 55.4 Å². The molecular formula is C38H46O9. The Balaban J connectivity index is 1.80. The van der Waals surface area contributed by atoms with Crippen LogP contribution >= 0.6 is 0 Å². The zero-order valence-corrected chi connectivity index (χ0v) is 28.6. The molecule has 9 nitrogen and oxygen atoms in total. The molecule has 1 aromatic carbocycles. The van der Waals surface area contributed by atoms with Crippen molar-refractivity contribution in [2.75, 3.05) is 0 Å². The van der Waals surface area contributed by atoms with Crippen LogP contribution in [0.3, 0.4) is 0 Å². The summed E-state index contributed by atoms with van der Waals surface area (Å²) in [5.74, 6) is -3.53.